The number of nitrogens with zero attached hydrogens (tertiary/aromatic N) is 2. The maximum Gasteiger partial charge on any atom is 0.200 e. The monoisotopic (exact) mass is 241 g/mol. The molecule has 5 heteroatoms. The van der Waals surface area contributed by atoms with Crippen molar-refractivity contribution in [3.63, 3.8) is 0 Å². The van der Waals surface area contributed by atoms with E-state index in [1.54, 1.807) is 6.20 Å². The van der Waals surface area contributed by atoms with Crippen LogP contribution in [-0.2, 0) is 6.54 Å². The highest BCUT2D eigenvalue weighted by molar-refractivity contribution is 9.10. The summed E-state index contributed by atoms with van der Waals surface area (Å²) in [6.07, 6.45) is 3.47. The second kappa shape index (κ2) is 3.26. The van der Waals surface area contributed by atoms with Crippen molar-refractivity contribution in [1.29, 1.82) is 0 Å². The molecule has 0 fully saturated rings. The summed E-state index contributed by atoms with van der Waals surface area (Å²) in [4.78, 5) is 3.91. The molecule has 68 valence electrons. The molecule has 0 saturated carbocycles. The molecule has 0 bridgehead atoms. The summed E-state index contributed by atoms with van der Waals surface area (Å²) in [5.41, 5.74) is 5.59. The largest absolute Gasteiger partial charge is 0.452 e. The molecule has 0 spiro atoms. The molecule has 0 atom stereocenters. The highest BCUT2D eigenvalue weighted by atomic mass is 79.9. The van der Waals surface area contributed by atoms with Crippen molar-refractivity contribution < 1.29 is 4.42 Å². The van der Waals surface area contributed by atoms with E-state index < -0.39 is 0 Å². The lowest BCUT2D eigenvalue weighted by Crippen LogP contribution is -2.02. The van der Waals surface area contributed by atoms with Gasteiger partial charge in [-0.15, -0.1) is 0 Å². The van der Waals surface area contributed by atoms with E-state index >= 15 is 0 Å². The molecule has 13 heavy (non-hydrogen) atoms. The maximum atomic E-state index is 5.59. The Bertz CT molecular complexity index is 407. The van der Waals surface area contributed by atoms with Gasteiger partial charge in [-0.25, -0.2) is 4.98 Å². The minimum atomic E-state index is 0.493. The fraction of sp³-hybridized carbons (Fsp3) is 0.125. The van der Waals surface area contributed by atoms with E-state index in [-0.39, 0.29) is 0 Å². The molecule has 2 N–H and O–H groups in total. The number of furan rings is 1. The first-order valence-electron chi connectivity index (χ1n) is 3.76. The quantitative estimate of drug-likeness (QED) is 0.874. The van der Waals surface area contributed by atoms with Crippen molar-refractivity contribution in [1.82, 2.24) is 9.55 Å². The van der Waals surface area contributed by atoms with Gasteiger partial charge in [0.15, 0.2) is 4.67 Å². The van der Waals surface area contributed by atoms with Gasteiger partial charge < -0.3 is 14.7 Å². The van der Waals surface area contributed by atoms with Crippen molar-refractivity contribution in [2.45, 2.75) is 6.54 Å². The van der Waals surface area contributed by atoms with E-state index in [0.717, 1.165) is 10.4 Å². The van der Waals surface area contributed by atoms with E-state index in [1.165, 1.54) is 0 Å². The molecule has 0 saturated heterocycles. The summed E-state index contributed by atoms with van der Waals surface area (Å²) < 4.78 is 7.86. The lowest BCUT2D eigenvalue weighted by Gasteiger charge is -2.00. The smallest absolute Gasteiger partial charge is 0.200 e. The van der Waals surface area contributed by atoms with Crippen LogP contribution in [0.1, 0.15) is 5.76 Å². The molecule has 2 aromatic rings. The van der Waals surface area contributed by atoms with Gasteiger partial charge in [0.25, 0.3) is 0 Å². The summed E-state index contributed by atoms with van der Waals surface area (Å²) in [5, 5.41) is 0. The van der Waals surface area contributed by atoms with Gasteiger partial charge in [0.2, 0.25) is 5.95 Å². The van der Waals surface area contributed by atoms with Crippen LogP contribution in [0.2, 0.25) is 0 Å². The van der Waals surface area contributed by atoms with Gasteiger partial charge >= 0.3 is 0 Å². The molecule has 0 aliphatic heterocycles. The zero-order chi connectivity index (χ0) is 9.26. The molecule has 2 aromatic heterocycles. The summed E-state index contributed by atoms with van der Waals surface area (Å²) >= 11 is 3.23. The summed E-state index contributed by atoms with van der Waals surface area (Å²) in [5.74, 6) is 1.34. The van der Waals surface area contributed by atoms with Crippen LogP contribution in [0.15, 0.2) is 33.6 Å². The normalized spacial score (nSPS) is 10.5. The third-order valence-corrected chi connectivity index (χ3v) is 2.13. The number of imidazole rings is 1. The fourth-order valence-corrected chi connectivity index (χ4v) is 1.42. The van der Waals surface area contributed by atoms with Gasteiger partial charge in [-0.2, -0.15) is 0 Å². The number of aromatic nitrogens is 2. The standard InChI is InChI=1S/C8H8BrN3O/c9-7-2-1-6(13-7)5-12-4-3-11-8(12)10/h1-4H,5H2,(H2,10,11). The number of hydrogen-bond acceptors (Lipinski definition) is 3. The third-order valence-electron chi connectivity index (χ3n) is 1.70. The number of halogens is 1. The first-order valence-corrected chi connectivity index (χ1v) is 4.56. The van der Waals surface area contributed by atoms with Gasteiger partial charge in [0, 0.05) is 12.4 Å². The highest BCUT2D eigenvalue weighted by Crippen LogP contribution is 2.15. The van der Waals surface area contributed by atoms with Crippen molar-refractivity contribution >= 4 is 21.9 Å². The van der Waals surface area contributed by atoms with E-state index in [2.05, 4.69) is 20.9 Å². The van der Waals surface area contributed by atoms with Crippen LogP contribution >= 0.6 is 15.9 Å². The average molecular weight is 242 g/mol. The molecule has 0 aromatic carbocycles. The molecule has 0 radical (unpaired) electrons. The van der Waals surface area contributed by atoms with Crippen molar-refractivity contribution in [3.05, 3.63) is 35.0 Å². The lowest BCUT2D eigenvalue weighted by molar-refractivity contribution is 0.475. The van der Waals surface area contributed by atoms with Crippen molar-refractivity contribution in [2.75, 3.05) is 5.73 Å². The molecule has 2 rings (SSSR count). The van der Waals surface area contributed by atoms with Crippen LogP contribution in [0.5, 0.6) is 0 Å². The van der Waals surface area contributed by atoms with Crippen LogP contribution in [-0.4, -0.2) is 9.55 Å². The average Bonchev–Trinajstić information content (AvgIpc) is 2.64. The van der Waals surface area contributed by atoms with E-state index in [0.29, 0.717) is 12.5 Å². The van der Waals surface area contributed by atoms with Crippen molar-refractivity contribution in [3.8, 4) is 0 Å². The molecule has 2 heterocycles. The number of hydrogen-bond donors (Lipinski definition) is 1. The van der Waals surface area contributed by atoms with Gasteiger partial charge in [-0.1, -0.05) is 0 Å². The first kappa shape index (κ1) is 8.37. The Morgan fingerprint density at radius 3 is 2.92 bits per heavy atom. The summed E-state index contributed by atoms with van der Waals surface area (Å²) in [7, 11) is 0. The second-order valence-electron chi connectivity index (χ2n) is 2.62. The van der Waals surface area contributed by atoms with Gasteiger partial charge in [-0.05, 0) is 28.1 Å². The molecule has 0 amide bonds. The van der Waals surface area contributed by atoms with E-state index in [9.17, 15) is 0 Å². The van der Waals surface area contributed by atoms with E-state index in [1.807, 2.05) is 22.9 Å². The highest BCUT2D eigenvalue weighted by Gasteiger charge is 2.02. The topological polar surface area (TPSA) is 57.0 Å². The maximum absolute atomic E-state index is 5.59. The Morgan fingerprint density at radius 2 is 2.38 bits per heavy atom. The van der Waals surface area contributed by atoms with Gasteiger partial charge in [-0.3, -0.25) is 0 Å². The molecular weight excluding hydrogens is 234 g/mol. The minimum Gasteiger partial charge on any atom is -0.452 e. The summed E-state index contributed by atoms with van der Waals surface area (Å²) in [6.45, 7) is 0.609. The minimum absolute atomic E-state index is 0.493. The Kier molecular flexibility index (Phi) is 2.10. The number of anilines is 1. The molecule has 0 aliphatic rings. The zero-order valence-corrected chi connectivity index (χ0v) is 8.36. The molecule has 0 unspecified atom stereocenters. The molecular formula is C8H8BrN3O. The summed E-state index contributed by atoms with van der Waals surface area (Å²) in [6, 6.07) is 3.74. The Hall–Kier alpha value is -1.23. The van der Waals surface area contributed by atoms with Crippen LogP contribution in [0.25, 0.3) is 0 Å². The third kappa shape index (κ3) is 1.75. The Labute approximate surface area is 83.5 Å². The number of nitrogens with two attached hydrogens (primary N) is 1. The van der Waals surface area contributed by atoms with Crippen LogP contribution in [0.3, 0.4) is 0 Å². The number of nitrogen functional groups attached to an aromatic ring is 1. The van der Waals surface area contributed by atoms with Crippen LogP contribution < -0.4 is 5.73 Å². The van der Waals surface area contributed by atoms with Crippen LogP contribution in [0.4, 0.5) is 5.95 Å². The SMILES string of the molecule is Nc1nccn1Cc1ccc(Br)o1. The number of rotatable bonds is 2. The molecule has 4 nitrogen and oxygen atoms in total. The predicted molar refractivity (Wildman–Crippen MR) is 52.1 cm³/mol. The Morgan fingerprint density at radius 1 is 1.54 bits per heavy atom. The van der Waals surface area contributed by atoms with Gasteiger partial charge in [0.1, 0.15) is 5.76 Å². The lowest BCUT2D eigenvalue weighted by atomic mass is 10.4. The predicted octanol–water partition coefficient (Wildman–Crippen LogP) is 1.87. The first-order chi connectivity index (χ1) is 6.25. The van der Waals surface area contributed by atoms with Crippen LogP contribution in [0, 0.1) is 0 Å². The van der Waals surface area contributed by atoms with E-state index in [4.69, 9.17) is 10.2 Å². The molecule has 0 aliphatic carbocycles. The van der Waals surface area contributed by atoms with Crippen molar-refractivity contribution in [2.24, 2.45) is 0 Å². The van der Waals surface area contributed by atoms with Gasteiger partial charge in [0.05, 0.1) is 6.54 Å². The second-order valence-corrected chi connectivity index (χ2v) is 3.40. The Balaban J connectivity index is 2.19. The fourth-order valence-electron chi connectivity index (χ4n) is 1.08. The zero-order valence-electron chi connectivity index (χ0n) is 6.77.